The number of nitrogens with two attached hydrogens (primary N) is 1. The molecule has 7 nitrogen and oxygen atoms in total. The van der Waals surface area contributed by atoms with Gasteiger partial charge in [-0.2, -0.15) is 0 Å². The van der Waals surface area contributed by atoms with E-state index in [1.54, 1.807) is 18.4 Å². The molecule has 3 rings (SSSR count). The minimum atomic E-state index is -0.537. The van der Waals surface area contributed by atoms with Gasteiger partial charge in [-0.25, -0.2) is 4.98 Å². The largest absolute Gasteiger partial charge is 0.497 e. The summed E-state index contributed by atoms with van der Waals surface area (Å²) in [5, 5.41) is 3.41. The summed E-state index contributed by atoms with van der Waals surface area (Å²) in [6.07, 6.45) is 0. The van der Waals surface area contributed by atoms with E-state index in [2.05, 4.69) is 10.3 Å². The smallest absolute Gasteiger partial charge is 0.236 e. The average molecular weight is 320 g/mol. The molecule has 0 saturated carbocycles. The monoisotopic (exact) mass is 320 g/mol. The zero-order valence-corrected chi connectivity index (χ0v) is 12.9. The van der Waals surface area contributed by atoms with Crippen molar-refractivity contribution in [3.8, 4) is 5.75 Å². The molecule has 1 aliphatic heterocycles. The predicted molar refractivity (Wildman–Crippen MR) is 84.1 cm³/mol. The Labute approximate surface area is 131 Å². The van der Waals surface area contributed by atoms with Crippen molar-refractivity contribution in [1.82, 2.24) is 10.3 Å². The zero-order chi connectivity index (χ0) is 15.7. The van der Waals surface area contributed by atoms with E-state index in [0.717, 1.165) is 21.1 Å². The van der Waals surface area contributed by atoms with E-state index < -0.39 is 5.91 Å². The maximum absolute atomic E-state index is 11.8. The highest BCUT2D eigenvalue weighted by atomic mass is 32.1. The van der Waals surface area contributed by atoms with E-state index in [-0.39, 0.29) is 18.4 Å². The van der Waals surface area contributed by atoms with Crippen molar-refractivity contribution in [2.45, 2.75) is 0 Å². The van der Waals surface area contributed by atoms with E-state index in [0.29, 0.717) is 13.1 Å². The molecule has 8 heteroatoms. The van der Waals surface area contributed by atoms with Crippen LogP contribution in [0.1, 0.15) is 0 Å². The Morgan fingerprint density at radius 2 is 2.27 bits per heavy atom. The van der Waals surface area contributed by atoms with Crippen LogP contribution in [0.3, 0.4) is 0 Å². The molecule has 1 saturated heterocycles. The van der Waals surface area contributed by atoms with Crippen LogP contribution in [-0.2, 0) is 9.59 Å². The minimum absolute atomic E-state index is 0.115. The van der Waals surface area contributed by atoms with E-state index in [1.807, 2.05) is 23.1 Å². The summed E-state index contributed by atoms with van der Waals surface area (Å²) >= 11 is 1.57. The second kappa shape index (κ2) is 5.80. The first-order valence-corrected chi connectivity index (χ1v) is 7.64. The molecule has 2 amide bonds. The third-order valence-corrected chi connectivity index (χ3v) is 4.62. The van der Waals surface area contributed by atoms with Crippen molar-refractivity contribution in [2.75, 3.05) is 31.6 Å². The van der Waals surface area contributed by atoms with Crippen molar-refractivity contribution in [1.29, 1.82) is 0 Å². The van der Waals surface area contributed by atoms with Gasteiger partial charge in [0.1, 0.15) is 5.75 Å². The summed E-state index contributed by atoms with van der Waals surface area (Å²) in [4.78, 5) is 29.0. The summed E-state index contributed by atoms with van der Waals surface area (Å²) in [5.41, 5.74) is 5.92. The molecule has 22 heavy (non-hydrogen) atoms. The first kappa shape index (κ1) is 14.6. The highest BCUT2D eigenvalue weighted by Gasteiger charge is 2.34. The Kier molecular flexibility index (Phi) is 3.84. The number of ether oxygens (including phenoxy) is 1. The standard InChI is InChI=1S/C14H16N4O3S/c1-21-9-2-3-10-11(4-9)22-14(17-10)18-6-8(7-18)13(20)16-5-12(15)19/h2-4,8H,5-7H2,1H3,(H2,15,19)(H,16,20). The SMILES string of the molecule is COc1ccc2nc(N3CC(C(=O)NCC(N)=O)C3)sc2c1. The number of nitrogens with one attached hydrogen (secondary N) is 1. The van der Waals surface area contributed by atoms with Crippen LogP contribution in [-0.4, -0.2) is 43.5 Å². The number of hydrogen-bond acceptors (Lipinski definition) is 6. The second-order valence-corrected chi connectivity index (χ2v) is 6.13. The number of methoxy groups -OCH3 is 1. The fraction of sp³-hybridized carbons (Fsp3) is 0.357. The number of amides is 2. The molecule has 0 unspecified atom stereocenters. The fourth-order valence-electron chi connectivity index (χ4n) is 2.27. The van der Waals surface area contributed by atoms with Gasteiger partial charge < -0.3 is 20.7 Å². The summed E-state index contributed by atoms with van der Waals surface area (Å²) < 4.78 is 6.25. The predicted octanol–water partition coefficient (Wildman–Crippen LogP) is 0.343. The van der Waals surface area contributed by atoms with Gasteiger partial charge in [-0.15, -0.1) is 0 Å². The van der Waals surface area contributed by atoms with Crippen molar-refractivity contribution in [3.05, 3.63) is 18.2 Å². The second-order valence-electron chi connectivity index (χ2n) is 5.12. The molecule has 1 aliphatic rings. The number of nitrogens with zero attached hydrogens (tertiary/aromatic N) is 2. The van der Waals surface area contributed by atoms with Crippen molar-refractivity contribution in [3.63, 3.8) is 0 Å². The Morgan fingerprint density at radius 1 is 1.50 bits per heavy atom. The molecule has 0 radical (unpaired) electrons. The quantitative estimate of drug-likeness (QED) is 0.828. The van der Waals surface area contributed by atoms with Crippen LogP contribution in [0.4, 0.5) is 5.13 Å². The molecule has 2 aromatic rings. The molecule has 0 atom stereocenters. The van der Waals surface area contributed by atoms with Crippen LogP contribution in [0.5, 0.6) is 5.75 Å². The molecule has 0 bridgehead atoms. The lowest BCUT2D eigenvalue weighted by Crippen LogP contribution is -2.54. The summed E-state index contributed by atoms with van der Waals surface area (Å²) in [7, 11) is 1.63. The lowest BCUT2D eigenvalue weighted by Gasteiger charge is -2.37. The van der Waals surface area contributed by atoms with Crippen molar-refractivity contribution < 1.29 is 14.3 Å². The highest BCUT2D eigenvalue weighted by Crippen LogP contribution is 2.34. The van der Waals surface area contributed by atoms with Crippen LogP contribution < -0.4 is 20.7 Å². The third kappa shape index (κ3) is 2.82. The number of anilines is 1. The van der Waals surface area contributed by atoms with Crippen molar-refractivity contribution >= 4 is 38.5 Å². The topological polar surface area (TPSA) is 97.6 Å². The molecule has 116 valence electrons. The van der Waals surface area contributed by atoms with E-state index in [9.17, 15) is 9.59 Å². The van der Waals surface area contributed by atoms with Crippen LogP contribution in [0.15, 0.2) is 18.2 Å². The van der Waals surface area contributed by atoms with Crippen LogP contribution in [0.25, 0.3) is 10.2 Å². The van der Waals surface area contributed by atoms with Crippen LogP contribution in [0.2, 0.25) is 0 Å². The Bertz CT molecular complexity index is 724. The van der Waals surface area contributed by atoms with Gasteiger partial charge in [0, 0.05) is 13.1 Å². The number of primary amides is 1. The molecule has 0 aliphatic carbocycles. The fourth-order valence-corrected chi connectivity index (χ4v) is 3.29. The Balaban J connectivity index is 1.63. The highest BCUT2D eigenvalue weighted by molar-refractivity contribution is 7.22. The number of benzene rings is 1. The van der Waals surface area contributed by atoms with Gasteiger partial charge in [0.2, 0.25) is 11.8 Å². The van der Waals surface area contributed by atoms with Gasteiger partial charge in [0.05, 0.1) is 29.8 Å². The lowest BCUT2D eigenvalue weighted by molar-refractivity contribution is -0.128. The molecule has 0 spiro atoms. The summed E-state index contributed by atoms with van der Waals surface area (Å²) in [6.45, 7) is 1.08. The number of fused-ring (bicyclic) bond motifs is 1. The normalized spacial score (nSPS) is 14.7. The molecular formula is C14H16N4O3S. The molecule has 1 aromatic carbocycles. The number of hydrogen-bond donors (Lipinski definition) is 2. The van der Waals surface area contributed by atoms with Gasteiger partial charge in [-0.05, 0) is 18.2 Å². The maximum Gasteiger partial charge on any atom is 0.236 e. The number of carbonyl (C=O) groups is 2. The third-order valence-electron chi connectivity index (χ3n) is 3.54. The Hall–Kier alpha value is -2.35. The Morgan fingerprint density at radius 3 is 2.95 bits per heavy atom. The van der Waals surface area contributed by atoms with Gasteiger partial charge in [0.25, 0.3) is 0 Å². The van der Waals surface area contributed by atoms with E-state index in [1.165, 1.54) is 0 Å². The zero-order valence-electron chi connectivity index (χ0n) is 12.0. The van der Waals surface area contributed by atoms with Crippen molar-refractivity contribution in [2.24, 2.45) is 11.7 Å². The maximum atomic E-state index is 11.8. The van der Waals surface area contributed by atoms with E-state index >= 15 is 0 Å². The minimum Gasteiger partial charge on any atom is -0.497 e. The molecule has 1 aromatic heterocycles. The summed E-state index contributed by atoms with van der Waals surface area (Å²) in [5.74, 6) is -0.00149. The lowest BCUT2D eigenvalue weighted by atomic mass is 10.0. The summed E-state index contributed by atoms with van der Waals surface area (Å²) in [6, 6.07) is 5.75. The van der Waals surface area contributed by atoms with Gasteiger partial charge in [0.15, 0.2) is 5.13 Å². The number of rotatable bonds is 5. The van der Waals surface area contributed by atoms with Crippen LogP contribution >= 0.6 is 11.3 Å². The molecular weight excluding hydrogens is 304 g/mol. The van der Waals surface area contributed by atoms with E-state index in [4.69, 9.17) is 10.5 Å². The molecule has 2 heterocycles. The number of carbonyl (C=O) groups excluding carboxylic acids is 2. The first-order valence-electron chi connectivity index (χ1n) is 6.82. The number of aromatic nitrogens is 1. The molecule has 1 fully saturated rings. The number of thiazole rings is 1. The molecule has 3 N–H and O–H groups in total. The van der Waals surface area contributed by atoms with Gasteiger partial charge in [-0.3, -0.25) is 9.59 Å². The average Bonchev–Trinajstić information content (AvgIpc) is 2.85. The van der Waals surface area contributed by atoms with Gasteiger partial charge in [-0.1, -0.05) is 11.3 Å². The van der Waals surface area contributed by atoms with Crippen LogP contribution in [0, 0.1) is 5.92 Å². The first-order chi connectivity index (χ1) is 10.6. The van der Waals surface area contributed by atoms with Gasteiger partial charge >= 0.3 is 0 Å².